The summed E-state index contributed by atoms with van der Waals surface area (Å²) < 4.78 is 0. The summed E-state index contributed by atoms with van der Waals surface area (Å²) in [5.74, 6) is 3.96. The Bertz CT molecular complexity index is 609. The summed E-state index contributed by atoms with van der Waals surface area (Å²) >= 11 is 0. The van der Waals surface area contributed by atoms with Crippen molar-refractivity contribution in [3.8, 4) is 0 Å². The predicted octanol–water partition coefficient (Wildman–Crippen LogP) is 4.81. The van der Waals surface area contributed by atoms with E-state index in [2.05, 4.69) is 50.9 Å². The zero-order valence-corrected chi connectivity index (χ0v) is 17.8. The van der Waals surface area contributed by atoms with E-state index in [1.807, 2.05) is 5.57 Å². The van der Waals surface area contributed by atoms with Gasteiger partial charge in [0, 0.05) is 18.6 Å². The largest absolute Gasteiger partial charge is 0.306 e. The quantitative estimate of drug-likeness (QED) is 0.622. The topological polar surface area (TPSA) is 6.48 Å². The first-order valence-corrected chi connectivity index (χ1v) is 11.4. The predicted molar refractivity (Wildman–Crippen MR) is 109 cm³/mol. The fourth-order valence-corrected chi connectivity index (χ4v) is 8.88. The zero-order chi connectivity index (χ0) is 18.3. The molecule has 8 atom stereocenters. The van der Waals surface area contributed by atoms with Crippen molar-refractivity contribution in [2.24, 2.45) is 34.5 Å². The summed E-state index contributed by atoms with van der Waals surface area (Å²) in [4.78, 5) is 5.17. The molecule has 1 aliphatic heterocycles. The molecule has 0 aromatic heterocycles. The molecule has 0 N–H and O–H groups in total. The lowest BCUT2D eigenvalue weighted by Crippen LogP contribution is -2.52. The number of fused-ring (bicyclic) bond motifs is 4. The number of likely N-dealkylation sites (tertiary alicyclic amines) is 1. The number of rotatable bonds is 1. The molecule has 4 aliphatic carbocycles. The first-order chi connectivity index (χ1) is 12.4. The highest BCUT2D eigenvalue weighted by atomic mass is 15.2. The van der Waals surface area contributed by atoms with E-state index in [4.69, 9.17) is 0 Å². The van der Waals surface area contributed by atoms with Gasteiger partial charge in [-0.1, -0.05) is 18.6 Å². The van der Waals surface area contributed by atoms with Crippen LogP contribution in [0.2, 0.25) is 0 Å². The summed E-state index contributed by atoms with van der Waals surface area (Å²) in [6, 6.07) is 1.60. The van der Waals surface area contributed by atoms with Gasteiger partial charge in [0.05, 0.1) is 0 Å². The molecule has 5 aliphatic rings. The van der Waals surface area contributed by atoms with Gasteiger partial charge in [-0.2, -0.15) is 0 Å². The third kappa shape index (κ3) is 2.18. The number of allylic oxidation sites excluding steroid dienone is 1. The highest BCUT2D eigenvalue weighted by molar-refractivity contribution is 5.26. The van der Waals surface area contributed by atoms with Crippen molar-refractivity contribution < 1.29 is 0 Å². The summed E-state index contributed by atoms with van der Waals surface area (Å²) in [5.41, 5.74) is 3.04. The summed E-state index contributed by atoms with van der Waals surface area (Å²) in [6.07, 6.45) is 14.4. The van der Waals surface area contributed by atoms with Crippen molar-refractivity contribution in [3.63, 3.8) is 0 Å². The second-order valence-corrected chi connectivity index (χ2v) is 11.2. The van der Waals surface area contributed by atoms with Crippen molar-refractivity contribution in [2.45, 2.75) is 77.3 Å². The van der Waals surface area contributed by atoms with Crippen molar-refractivity contribution in [1.29, 1.82) is 0 Å². The van der Waals surface area contributed by atoms with E-state index >= 15 is 0 Å². The Morgan fingerprint density at radius 2 is 1.81 bits per heavy atom. The highest BCUT2D eigenvalue weighted by Crippen LogP contribution is 2.68. The van der Waals surface area contributed by atoms with Gasteiger partial charge in [0.15, 0.2) is 0 Å². The van der Waals surface area contributed by atoms with Crippen LogP contribution in [0.25, 0.3) is 0 Å². The van der Waals surface area contributed by atoms with E-state index in [0.29, 0.717) is 10.8 Å². The van der Waals surface area contributed by atoms with Crippen LogP contribution in [0.5, 0.6) is 0 Å². The molecule has 0 aromatic rings. The lowest BCUT2D eigenvalue weighted by atomic mass is 9.47. The smallest absolute Gasteiger partial charge is 0.0127 e. The molecule has 0 amide bonds. The molecule has 26 heavy (non-hydrogen) atoms. The molecule has 3 saturated carbocycles. The van der Waals surface area contributed by atoms with Crippen LogP contribution < -0.4 is 0 Å². The first kappa shape index (κ1) is 17.7. The average Bonchev–Trinajstić information content (AvgIpc) is 3.08. The van der Waals surface area contributed by atoms with Crippen molar-refractivity contribution in [3.05, 3.63) is 11.6 Å². The van der Waals surface area contributed by atoms with E-state index in [1.54, 1.807) is 0 Å². The van der Waals surface area contributed by atoms with Gasteiger partial charge < -0.3 is 9.80 Å². The van der Waals surface area contributed by atoms with Crippen LogP contribution in [-0.2, 0) is 0 Å². The minimum atomic E-state index is 0.519. The number of hydrogen-bond acceptors (Lipinski definition) is 2. The van der Waals surface area contributed by atoms with Gasteiger partial charge in [-0.25, -0.2) is 0 Å². The summed E-state index contributed by atoms with van der Waals surface area (Å²) in [5, 5.41) is 0. The Balaban J connectivity index is 1.45. The Morgan fingerprint density at radius 3 is 2.58 bits per heavy atom. The third-order valence-electron chi connectivity index (χ3n) is 10.4. The van der Waals surface area contributed by atoms with Gasteiger partial charge in [0.1, 0.15) is 0 Å². The third-order valence-corrected chi connectivity index (χ3v) is 10.4. The molecule has 2 heteroatoms. The van der Waals surface area contributed by atoms with E-state index in [9.17, 15) is 0 Å². The normalized spacial score (nSPS) is 53.7. The molecule has 0 radical (unpaired) electrons. The molecule has 0 bridgehead atoms. The van der Waals surface area contributed by atoms with Crippen LogP contribution in [0.3, 0.4) is 0 Å². The Morgan fingerprint density at radius 1 is 1.04 bits per heavy atom. The Labute approximate surface area is 161 Å². The van der Waals surface area contributed by atoms with Crippen molar-refractivity contribution >= 4 is 0 Å². The Hall–Kier alpha value is -0.340. The molecule has 0 aromatic carbocycles. The van der Waals surface area contributed by atoms with Crippen LogP contribution in [-0.4, -0.2) is 49.6 Å². The van der Waals surface area contributed by atoms with Crippen LogP contribution >= 0.6 is 0 Å². The molecule has 1 heterocycles. The van der Waals surface area contributed by atoms with Crippen molar-refractivity contribution in [2.75, 3.05) is 27.7 Å². The zero-order valence-electron chi connectivity index (χ0n) is 17.8. The SMILES string of the molecule is C[C@@H]1[C@H]2CC[C@H]3[C@@H]4CC=C5C[C@@H](N(C)C)CC[C@]5(C)[C@H]4CC[C@]23CN1C. The van der Waals surface area contributed by atoms with Gasteiger partial charge in [0.25, 0.3) is 0 Å². The Kier molecular flexibility index (Phi) is 3.98. The van der Waals surface area contributed by atoms with Gasteiger partial charge >= 0.3 is 0 Å². The monoisotopic (exact) mass is 356 g/mol. The molecule has 5 rings (SSSR count). The molecule has 1 spiro atoms. The maximum Gasteiger partial charge on any atom is 0.0127 e. The van der Waals surface area contributed by atoms with Crippen LogP contribution in [0, 0.1) is 34.5 Å². The minimum absolute atomic E-state index is 0.519. The fraction of sp³-hybridized carbons (Fsp3) is 0.917. The number of nitrogens with zero attached hydrogens (tertiary/aromatic N) is 2. The molecular formula is C24H40N2. The molecule has 4 fully saturated rings. The average molecular weight is 357 g/mol. The molecule has 2 nitrogen and oxygen atoms in total. The standard InChI is InChI=1S/C24H40N2/c1-16-20-8-9-22-19-7-6-17-14-18(25(3)4)10-12-23(17,2)21(19)11-13-24(20,22)15-26(16)5/h6,16,18-22H,7-15H2,1-5H3/t16-,18+,19-,20-,21+,22+,23+,24+/m1/s1. The lowest BCUT2D eigenvalue weighted by molar-refractivity contribution is -0.0430. The highest BCUT2D eigenvalue weighted by Gasteiger charge is 2.63. The maximum absolute atomic E-state index is 2.74. The minimum Gasteiger partial charge on any atom is -0.306 e. The molecular weight excluding hydrogens is 316 g/mol. The second-order valence-electron chi connectivity index (χ2n) is 11.2. The van der Waals surface area contributed by atoms with Crippen molar-refractivity contribution in [1.82, 2.24) is 9.80 Å². The van der Waals surface area contributed by atoms with E-state index < -0.39 is 0 Å². The maximum atomic E-state index is 2.74. The molecule has 0 unspecified atom stereocenters. The van der Waals surface area contributed by atoms with E-state index in [-0.39, 0.29) is 0 Å². The molecule has 146 valence electrons. The molecule has 1 saturated heterocycles. The van der Waals surface area contributed by atoms with Gasteiger partial charge in [-0.05, 0) is 114 Å². The van der Waals surface area contributed by atoms with Gasteiger partial charge in [0.2, 0.25) is 0 Å². The summed E-state index contributed by atoms with van der Waals surface area (Å²) in [6.45, 7) is 6.56. The van der Waals surface area contributed by atoms with Crippen LogP contribution in [0.4, 0.5) is 0 Å². The van der Waals surface area contributed by atoms with Gasteiger partial charge in [-0.3, -0.25) is 0 Å². The van der Waals surface area contributed by atoms with Gasteiger partial charge in [-0.15, -0.1) is 0 Å². The van der Waals surface area contributed by atoms with Crippen LogP contribution in [0.15, 0.2) is 11.6 Å². The van der Waals surface area contributed by atoms with E-state index in [1.165, 1.54) is 57.9 Å². The fourth-order valence-electron chi connectivity index (χ4n) is 8.88. The second kappa shape index (κ2) is 5.83. The van der Waals surface area contributed by atoms with E-state index in [0.717, 1.165) is 35.8 Å². The first-order valence-electron chi connectivity index (χ1n) is 11.4. The summed E-state index contributed by atoms with van der Waals surface area (Å²) in [7, 11) is 6.95. The van der Waals surface area contributed by atoms with Crippen LogP contribution in [0.1, 0.15) is 65.2 Å². The number of hydrogen-bond donors (Lipinski definition) is 0. The lowest BCUT2D eigenvalue weighted by Gasteiger charge is -2.58.